The van der Waals surface area contributed by atoms with Crippen molar-refractivity contribution in [2.75, 3.05) is 0 Å². The van der Waals surface area contributed by atoms with Crippen LogP contribution in [0, 0.1) is 0 Å². The van der Waals surface area contributed by atoms with Gasteiger partial charge in [0.1, 0.15) is 11.9 Å². The van der Waals surface area contributed by atoms with Crippen molar-refractivity contribution in [2.24, 2.45) is 0 Å². The van der Waals surface area contributed by atoms with Gasteiger partial charge in [0, 0.05) is 22.4 Å². The second-order valence-corrected chi connectivity index (χ2v) is 0.175. The standard InChI is InChI=1S/Ag.ClFO/c;1-3-2. The summed E-state index contributed by atoms with van der Waals surface area (Å²) < 4.78 is 11.8. The summed E-state index contributed by atoms with van der Waals surface area (Å²) in [5.41, 5.74) is 0. The number of rotatable bonds is 0. The van der Waals surface area contributed by atoms with Crippen LogP contribution in [0.25, 0.3) is 0 Å². The SMILES string of the molecule is FOCl.[Ag]. The van der Waals surface area contributed by atoms with Crippen molar-refractivity contribution in [3.63, 3.8) is 0 Å². The first-order valence-electron chi connectivity index (χ1n) is 0.309. The van der Waals surface area contributed by atoms with Crippen LogP contribution in [0.3, 0.4) is 0 Å². The third-order valence-electron chi connectivity index (χ3n) is 0. The van der Waals surface area contributed by atoms with Crippen molar-refractivity contribution < 1.29 is 31.4 Å². The Morgan fingerprint density at radius 1 is 1.75 bits per heavy atom. The molecule has 0 spiro atoms. The molecule has 1 nitrogen and oxygen atoms in total. The Balaban J connectivity index is 0. The van der Waals surface area contributed by atoms with Crippen LogP contribution in [0.1, 0.15) is 0 Å². The Morgan fingerprint density at radius 3 is 1.75 bits per heavy atom. The predicted octanol–water partition coefficient (Wildman–Crippen LogP) is 1.04. The maximum absolute atomic E-state index is 9.56. The molecule has 0 N–H and O–H groups in total. The van der Waals surface area contributed by atoms with Crippen molar-refractivity contribution in [1.82, 2.24) is 0 Å². The molecule has 0 saturated carbocycles. The van der Waals surface area contributed by atoms with Gasteiger partial charge in [0.2, 0.25) is 0 Å². The quantitative estimate of drug-likeness (QED) is 0.504. The van der Waals surface area contributed by atoms with Crippen LogP contribution >= 0.6 is 11.9 Å². The van der Waals surface area contributed by atoms with Crippen LogP contribution in [-0.2, 0) is 26.9 Å². The smallest absolute Gasteiger partial charge is 0.0769 e. The number of halogens is 2. The normalized spacial score (nSPS) is 4.50. The van der Waals surface area contributed by atoms with Gasteiger partial charge in [-0.25, -0.2) is 0 Å². The molecule has 0 aliphatic carbocycles. The number of hydrogen-bond acceptors (Lipinski definition) is 1. The van der Waals surface area contributed by atoms with E-state index in [1.54, 1.807) is 0 Å². The molecule has 0 aliphatic rings. The molecule has 0 atom stereocenters. The van der Waals surface area contributed by atoms with Crippen LogP contribution in [-0.4, -0.2) is 0 Å². The fraction of sp³-hybridized carbons (Fsp3) is 0. The van der Waals surface area contributed by atoms with Crippen molar-refractivity contribution in [2.45, 2.75) is 0 Å². The van der Waals surface area contributed by atoms with Gasteiger partial charge in [-0.3, -0.25) is 0 Å². The molecular weight excluding hydrogens is 178 g/mol. The minimum Gasteiger partial charge on any atom is -0.0769 e. The average molecular weight is 178 g/mol. The van der Waals surface area contributed by atoms with E-state index < -0.39 is 0 Å². The minimum absolute atomic E-state index is 0. The molecule has 4 heteroatoms. The first-order chi connectivity index (χ1) is 1.41. The van der Waals surface area contributed by atoms with E-state index in [-0.39, 0.29) is 22.4 Å². The Hall–Kier alpha value is 0.920. The maximum Gasteiger partial charge on any atom is 0.106 e. The van der Waals surface area contributed by atoms with Gasteiger partial charge >= 0.3 is 0 Å². The van der Waals surface area contributed by atoms with E-state index in [1.165, 1.54) is 0 Å². The molecule has 0 aromatic heterocycles. The summed E-state index contributed by atoms with van der Waals surface area (Å²) in [6.45, 7) is 0. The second kappa shape index (κ2) is 9.07. The van der Waals surface area contributed by atoms with E-state index in [1.807, 2.05) is 0 Å². The summed E-state index contributed by atoms with van der Waals surface area (Å²) >= 11 is 3.83. The third-order valence-corrected chi connectivity index (χ3v) is 0. The van der Waals surface area contributed by atoms with E-state index >= 15 is 0 Å². The van der Waals surface area contributed by atoms with E-state index in [9.17, 15) is 4.53 Å². The molecule has 0 aromatic rings. The summed E-state index contributed by atoms with van der Waals surface area (Å²) in [5, 5.41) is 0. The second-order valence-electron chi connectivity index (χ2n) is 0.0583. The van der Waals surface area contributed by atoms with E-state index in [4.69, 9.17) is 0 Å². The van der Waals surface area contributed by atoms with Crippen LogP contribution in [0.4, 0.5) is 4.53 Å². The zero-order chi connectivity index (χ0) is 2.71. The van der Waals surface area contributed by atoms with Gasteiger partial charge in [0.25, 0.3) is 0 Å². The van der Waals surface area contributed by atoms with Gasteiger partial charge in [-0.05, 0) is 4.53 Å². The molecule has 0 unspecified atom stereocenters. The zero-order valence-corrected chi connectivity index (χ0v) is 3.70. The Labute approximate surface area is 43.7 Å². The van der Waals surface area contributed by atoms with Gasteiger partial charge in [0.15, 0.2) is 0 Å². The van der Waals surface area contributed by atoms with Gasteiger partial charge in [-0.2, -0.15) is 0 Å². The maximum atomic E-state index is 9.56. The largest absolute Gasteiger partial charge is 0.106 e. The molecule has 1 radical (unpaired) electrons. The van der Waals surface area contributed by atoms with Crippen molar-refractivity contribution in [1.29, 1.82) is 0 Å². The van der Waals surface area contributed by atoms with Crippen molar-refractivity contribution >= 4 is 11.9 Å². The summed E-state index contributed by atoms with van der Waals surface area (Å²) in [6.07, 6.45) is 0. The van der Waals surface area contributed by atoms with Crippen molar-refractivity contribution in [3.8, 4) is 0 Å². The first kappa shape index (κ1) is 8.87. The predicted molar refractivity (Wildman–Crippen MR) is 8.05 cm³/mol. The van der Waals surface area contributed by atoms with Gasteiger partial charge in [-0.15, -0.1) is 0 Å². The monoisotopic (exact) mass is 177 g/mol. The molecule has 31 valence electrons. The molecular formula is AgClFO. The number of hydrogen-bond donors (Lipinski definition) is 0. The van der Waals surface area contributed by atoms with E-state index in [2.05, 4.69) is 16.4 Å². The zero-order valence-electron chi connectivity index (χ0n) is 1.47. The summed E-state index contributed by atoms with van der Waals surface area (Å²) in [6, 6.07) is 0. The minimum atomic E-state index is 0. The molecule has 0 saturated heterocycles. The van der Waals surface area contributed by atoms with Crippen LogP contribution < -0.4 is 0 Å². The van der Waals surface area contributed by atoms with Crippen LogP contribution in [0.2, 0.25) is 0 Å². The first-order valence-corrected chi connectivity index (χ1v) is 0.617. The van der Waals surface area contributed by atoms with E-state index in [0.717, 1.165) is 0 Å². The molecule has 0 fully saturated rings. The van der Waals surface area contributed by atoms with Gasteiger partial charge in [0.05, 0.1) is 0 Å². The molecule has 4 heavy (non-hydrogen) atoms. The van der Waals surface area contributed by atoms with Gasteiger partial charge in [-0.1, -0.05) is 4.49 Å². The molecule has 0 rings (SSSR count). The molecule has 0 heterocycles. The Kier molecular flexibility index (Phi) is 20.1. The summed E-state index contributed by atoms with van der Waals surface area (Å²) in [4.78, 5) is 0. The Bertz CT molecular complexity index is 8.00. The Morgan fingerprint density at radius 2 is 1.75 bits per heavy atom. The molecule has 0 aromatic carbocycles. The fourth-order valence-electron chi connectivity index (χ4n) is 0. The third kappa shape index (κ3) is 12.7. The summed E-state index contributed by atoms with van der Waals surface area (Å²) in [5.74, 6) is 0. The fourth-order valence-corrected chi connectivity index (χ4v) is 0. The van der Waals surface area contributed by atoms with E-state index in [0.29, 0.717) is 0 Å². The van der Waals surface area contributed by atoms with Crippen LogP contribution in [0.15, 0.2) is 0 Å². The molecule has 0 amide bonds. The average Bonchev–Trinajstić information content (AvgIpc) is 0.918. The van der Waals surface area contributed by atoms with Crippen molar-refractivity contribution in [3.05, 3.63) is 0 Å². The molecule has 0 bridgehead atoms. The topological polar surface area (TPSA) is 9.23 Å². The van der Waals surface area contributed by atoms with Gasteiger partial charge < -0.3 is 0 Å². The summed E-state index contributed by atoms with van der Waals surface area (Å²) in [7, 11) is 0. The van der Waals surface area contributed by atoms with Crippen LogP contribution in [0.5, 0.6) is 0 Å². The molecule has 0 aliphatic heterocycles.